The number of nitrogens with zero attached hydrogens (tertiary/aromatic N) is 1. The summed E-state index contributed by atoms with van der Waals surface area (Å²) in [6, 6.07) is 3.53. The molecular weight excluding hydrogens is 258 g/mol. The van der Waals surface area contributed by atoms with Crippen molar-refractivity contribution < 1.29 is 19.4 Å². The summed E-state index contributed by atoms with van der Waals surface area (Å²) in [5.74, 6) is 0.665. The molecule has 5 heteroatoms. The fourth-order valence-corrected chi connectivity index (χ4v) is 2.76. The van der Waals surface area contributed by atoms with Gasteiger partial charge in [0.25, 0.3) is 0 Å². The molecule has 1 atom stereocenters. The maximum atomic E-state index is 11.3. The van der Waals surface area contributed by atoms with Crippen LogP contribution in [0.15, 0.2) is 12.1 Å². The van der Waals surface area contributed by atoms with Gasteiger partial charge in [-0.15, -0.1) is 0 Å². The van der Waals surface area contributed by atoms with E-state index in [1.54, 1.807) is 14.2 Å². The van der Waals surface area contributed by atoms with Crippen molar-refractivity contribution in [2.24, 2.45) is 0 Å². The SMILES string of the molecule is CC[C@H](C(=O)O)N1CCc2cc(OC)c(OC)cc2C1. The normalized spacial score (nSPS) is 16.4. The number of methoxy groups -OCH3 is 2. The van der Waals surface area contributed by atoms with E-state index in [0.29, 0.717) is 18.7 Å². The van der Waals surface area contributed by atoms with Gasteiger partial charge in [-0.3, -0.25) is 9.69 Å². The Morgan fingerprint density at radius 2 is 1.90 bits per heavy atom. The average Bonchev–Trinajstić information content (AvgIpc) is 2.46. The van der Waals surface area contributed by atoms with Gasteiger partial charge < -0.3 is 14.6 Å². The van der Waals surface area contributed by atoms with E-state index in [1.165, 1.54) is 5.56 Å². The first kappa shape index (κ1) is 14.7. The van der Waals surface area contributed by atoms with Crippen molar-refractivity contribution in [2.45, 2.75) is 32.4 Å². The topological polar surface area (TPSA) is 59.0 Å². The van der Waals surface area contributed by atoms with Gasteiger partial charge in [0.2, 0.25) is 0 Å². The molecule has 0 aromatic heterocycles. The Labute approximate surface area is 119 Å². The summed E-state index contributed by atoms with van der Waals surface area (Å²) >= 11 is 0. The van der Waals surface area contributed by atoms with Crippen LogP contribution in [-0.2, 0) is 17.8 Å². The lowest BCUT2D eigenvalue weighted by Crippen LogP contribution is -2.43. The Hall–Kier alpha value is -1.75. The van der Waals surface area contributed by atoms with Crippen molar-refractivity contribution in [3.8, 4) is 11.5 Å². The van der Waals surface area contributed by atoms with Crippen molar-refractivity contribution in [3.63, 3.8) is 0 Å². The first-order valence-electron chi connectivity index (χ1n) is 6.81. The van der Waals surface area contributed by atoms with E-state index in [-0.39, 0.29) is 0 Å². The molecule has 5 nitrogen and oxygen atoms in total. The second-order valence-corrected chi connectivity index (χ2v) is 4.96. The maximum absolute atomic E-state index is 11.3. The first-order chi connectivity index (χ1) is 9.60. The molecule has 0 unspecified atom stereocenters. The Balaban J connectivity index is 2.27. The van der Waals surface area contributed by atoms with Crippen LogP contribution in [0.4, 0.5) is 0 Å². The fraction of sp³-hybridized carbons (Fsp3) is 0.533. The van der Waals surface area contributed by atoms with Crippen LogP contribution in [-0.4, -0.2) is 42.8 Å². The van der Waals surface area contributed by atoms with Crippen molar-refractivity contribution >= 4 is 5.97 Å². The van der Waals surface area contributed by atoms with Crippen LogP contribution in [0, 0.1) is 0 Å². The van der Waals surface area contributed by atoms with Crippen molar-refractivity contribution in [1.29, 1.82) is 0 Å². The summed E-state index contributed by atoms with van der Waals surface area (Å²) in [6.45, 7) is 3.30. The minimum atomic E-state index is -0.753. The number of fused-ring (bicyclic) bond motifs is 1. The molecule has 1 heterocycles. The summed E-state index contributed by atoms with van der Waals surface area (Å²) in [7, 11) is 3.23. The second-order valence-electron chi connectivity index (χ2n) is 4.96. The maximum Gasteiger partial charge on any atom is 0.320 e. The van der Waals surface area contributed by atoms with Crippen LogP contribution in [0.2, 0.25) is 0 Å². The molecule has 0 aliphatic carbocycles. The molecule has 0 saturated heterocycles. The first-order valence-corrected chi connectivity index (χ1v) is 6.81. The third-order valence-electron chi connectivity index (χ3n) is 3.86. The van der Waals surface area contributed by atoms with E-state index >= 15 is 0 Å². The summed E-state index contributed by atoms with van der Waals surface area (Å²) < 4.78 is 10.6. The van der Waals surface area contributed by atoms with E-state index in [9.17, 15) is 9.90 Å². The molecule has 20 heavy (non-hydrogen) atoms. The highest BCUT2D eigenvalue weighted by atomic mass is 16.5. The Kier molecular flexibility index (Phi) is 4.49. The van der Waals surface area contributed by atoms with Gasteiger partial charge in [-0.1, -0.05) is 6.92 Å². The molecule has 1 aromatic rings. The number of rotatable bonds is 5. The van der Waals surface area contributed by atoms with Crippen molar-refractivity contribution in [3.05, 3.63) is 23.3 Å². The predicted octanol–water partition coefficient (Wildman–Crippen LogP) is 1.93. The van der Waals surface area contributed by atoms with Gasteiger partial charge in [0.15, 0.2) is 11.5 Å². The highest BCUT2D eigenvalue weighted by Gasteiger charge is 2.28. The summed E-state index contributed by atoms with van der Waals surface area (Å²) in [4.78, 5) is 13.3. The number of ether oxygens (including phenoxy) is 2. The lowest BCUT2D eigenvalue weighted by Gasteiger charge is -2.33. The Morgan fingerprint density at radius 3 is 2.40 bits per heavy atom. The predicted molar refractivity (Wildman–Crippen MR) is 75.4 cm³/mol. The monoisotopic (exact) mass is 279 g/mol. The van der Waals surface area contributed by atoms with Gasteiger partial charge in [-0.2, -0.15) is 0 Å². The van der Waals surface area contributed by atoms with Gasteiger partial charge in [-0.25, -0.2) is 0 Å². The molecule has 1 N–H and O–H groups in total. The molecule has 1 aliphatic rings. The van der Waals surface area contributed by atoms with Gasteiger partial charge >= 0.3 is 5.97 Å². The summed E-state index contributed by atoms with van der Waals surface area (Å²) in [6.07, 6.45) is 1.44. The number of carbonyl (C=O) groups is 1. The molecule has 0 radical (unpaired) electrons. The Bertz CT molecular complexity index is 501. The number of hydrogen-bond acceptors (Lipinski definition) is 4. The second kappa shape index (κ2) is 6.13. The number of benzene rings is 1. The van der Waals surface area contributed by atoms with E-state index in [0.717, 1.165) is 24.3 Å². The van der Waals surface area contributed by atoms with Crippen LogP contribution in [0.25, 0.3) is 0 Å². The molecule has 0 amide bonds. The van der Waals surface area contributed by atoms with Gasteiger partial charge in [0.05, 0.1) is 14.2 Å². The van der Waals surface area contributed by atoms with Crippen molar-refractivity contribution in [1.82, 2.24) is 4.90 Å². The molecule has 2 rings (SSSR count). The minimum absolute atomic E-state index is 0.420. The zero-order chi connectivity index (χ0) is 14.7. The summed E-state index contributed by atoms with van der Waals surface area (Å²) in [5.41, 5.74) is 2.33. The fourth-order valence-electron chi connectivity index (χ4n) is 2.76. The largest absolute Gasteiger partial charge is 0.493 e. The molecular formula is C15H21NO4. The van der Waals surface area contributed by atoms with Gasteiger partial charge in [0.1, 0.15) is 6.04 Å². The van der Waals surface area contributed by atoms with Crippen molar-refractivity contribution in [2.75, 3.05) is 20.8 Å². The molecule has 1 aromatic carbocycles. The van der Waals surface area contributed by atoms with E-state index in [1.807, 2.05) is 24.0 Å². The molecule has 0 saturated carbocycles. The number of hydrogen-bond donors (Lipinski definition) is 1. The lowest BCUT2D eigenvalue weighted by atomic mass is 9.97. The smallest absolute Gasteiger partial charge is 0.320 e. The lowest BCUT2D eigenvalue weighted by molar-refractivity contribution is -0.143. The zero-order valence-corrected chi connectivity index (χ0v) is 12.2. The van der Waals surface area contributed by atoms with Crippen LogP contribution in [0.5, 0.6) is 11.5 Å². The van der Waals surface area contributed by atoms with Gasteiger partial charge in [0, 0.05) is 13.1 Å². The van der Waals surface area contributed by atoms with Crippen LogP contribution < -0.4 is 9.47 Å². The molecule has 0 bridgehead atoms. The minimum Gasteiger partial charge on any atom is -0.493 e. The van der Waals surface area contributed by atoms with E-state index in [4.69, 9.17) is 9.47 Å². The molecule has 1 aliphatic heterocycles. The zero-order valence-electron chi connectivity index (χ0n) is 12.2. The van der Waals surface area contributed by atoms with Crippen LogP contribution in [0.3, 0.4) is 0 Å². The summed E-state index contributed by atoms with van der Waals surface area (Å²) in [5, 5.41) is 9.27. The third kappa shape index (κ3) is 2.72. The molecule has 0 spiro atoms. The quantitative estimate of drug-likeness (QED) is 0.892. The van der Waals surface area contributed by atoms with E-state index < -0.39 is 12.0 Å². The standard InChI is InChI=1S/C15H21NO4/c1-4-12(15(17)18)16-6-5-10-7-13(19-2)14(20-3)8-11(10)9-16/h7-8,12H,4-6,9H2,1-3H3,(H,17,18)/t12-/m1/s1. The average molecular weight is 279 g/mol. The highest BCUT2D eigenvalue weighted by molar-refractivity contribution is 5.73. The number of carboxylic acids is 1. The Morgan fingerprint density at radius 1 is 1.30 bits per heavy atom. The van der Waals surface area contributed by atoms with Gasteiger partial charge in [-0.05, 0) is 36.1 Å². The number of aliphatic carboxylic acids is 1. The molecule has 0 fully saturated rings. The van der Waals surface area contributed by atoms with Crippen LogP contribution >= 0.6 is 0 Å². The molecule has 110 valence electrons. The van der Waals surface area contributed by atoms with E-state index in [2.05, 4.69) is 0 Å². The highest BCUT2D eigenvalue weighted by Crippen LogP contribution is 2.33. The van der Waals surface area contributed by atoms with Crippen LogP contribution in [0.1, 0.15) is 24.5 Å². The third-order valence-corrected chi connectivity index (χ3v) is 3.86. The number of carboxylic acid groups (broad SMARTS) is 1.